The Bertz CT molecular complexity index is 922. The van der Waals surface area contributed by atoms with Gasteiger partial charge in [0.05, 0.1) is 28.4 Å². The van der Waals surface area contributed by atoms with Crippen molar-refractivity contribution < 1.29 is 18.9 Å². The molecule has 0 fully saturated rings. The fraction of sp³-hybridized carbons (Fsp3) is 0.174. The van der Waals surface area contributed by atoms with Crippen LogP contribution in [0.4, 0.5) is 11.4 Å². The fourth-order valence-corrected chi connectivity index (χ4v) is 2.98. The van der Waals surface area contributed by atoms with Crippen molar-refractivity contribution in [3.05, 3.63) is 72.3 Å². The van der Waals surface area contributed by atoms with Crippen molar-refractivity contribution in [2.45, 2.75) is 0 Å². The lowest BCUT2D eigenvalue weighted by molar-refractivity contribution is 0.355. The number of nitrogens with one attached hydrogen (secondary N) is 1. The van der Waals surface area contributed by atoms with E-state index in [4.69, 9.17) is 24.4 Å². The number of rotatable bonds is 7. The van der Waals surface area contributed by atoms with Gasteiger partial charge in [0.1, 0.15) is 17.3 Å². The Kier molecular flexibility index (Phi) is 6.24. The van der Waals surface area contributed by atoms with Gasteiger partial charge >= 0.3 is 0 Å². The number of ether oxygens (including phenoxy) is 4. The molecule has 3 rings (SSSR count). The van der Waals surface area contributed by atoms with Crippen LogP contribution in [-0.4, -0.2) is 34.3 Å². The largest absolute Gasteiger partial charge is 0.497 e. The highest BCUT2D eigenvalue weighted by atomic mass is 16.5. The van der Waals surface area contributed by atoms with Crippen LogP contribution in [0.3, 0.4) is 0 Å². The molecule has 150 valence electrons. The summed E-state index contributed by atoms with van der Waals surface area (Å²) in [6.07, 6.45) is 0. The second-order valence-corrected chi connectivity index (χ2v) is 6.15. The highest BCUT2D eigenvalue weighted by Gasteiger charge is 2.18. The van der Waals surface area contributed by atoms with Crippen molar-refractivity contribution in [2.75, 3.05) is 33.3 Å². The van der Waals surface area contributed by atoms with Crippen molar-refractivity contribution >= 4 is 17.2 Å². The third-order valence-corrected chi connectivity index (χ3v) is 4.54. The van der Waals surface area contributed by atoms with Gasteiger partial charge in [-0.05, 0) is 66.7 Å². The first-order valence-corrected chi connectivity index (χ1v) is 9.00. The lowest BCUT2D eigenvalue weighted by atomic mass is 10.1. The van der Waals surface area contributed by atoms with Gasteiger partial charge in [0.15, 0.2) is 11.5 Å². The molecule has 3 aromatic rings. The Morgan fingerprint density at radius 1 is 0.621 bits per heavy atom. The summed E-state index contributed by atoms with van der Waals surface area (Å²) in [6, 6.07) is 20.6. The molecule has 6 heteroatoms. The van der Waals surface area contributed by atoms with E-state index >= 15 is 0 Å². The van der Waals surface area contributed by atoms with E-state index in [-0.39, 0.29) is 0 Å². The summed E-state index contributed by atoms with van der Waals surface area (Å²) in [4.78, 5) is 1.85. The molecule has 0 unspecified atom stereocenters. The van der Waals surface area contributed by atoms with E-state index < -0.39 is 0 Å². The van der Waals surface area contributed by atoms with Crippen molar-refractivity contribution in [1.82, 2.24) is 0 Å². The second kappa shape index (κ2) is 9.01. The van der Waals surface area contributed by atoms with Crippen LogP contribution in [0.1, 0.15) is 5.56 Å². The molecule has 0 radical (unpaired) electrons. The normalized spacial score (nSPS) is 10.2. The molecule has 0 amide bonds. The zero-order valence-electron chi connectivity index (χ0n) is 16.9. The smallest absolute Gasteiger partial charge is 0.161 e. The third kappa shape index (κ3) is 4.27. The summed E-state index contributed by atoms with van der Waals surface area (Å²) in [5, 5.41) is 8.93. The molecule has 0 aromatic heterocycles. The highest BCUT2D eigenvalue weighted by Crippen LogP contribution is 2.33. The molecule has 1 N–H and O–H groups in total. The standard InChI is InChI=1S/C23H24N2O4/c1-26-19-10-6-17(7-11-19)25(18-8-12-20(27-2)13-9-18)23(24)16-5-14-21(28-3)22(15-16)29-4/h5-15,24H,1-4H3. The molecular formula is C23H24N2O4. The first-order valence-electron chi connectivity index (χ1n) is 9.00. The van der Waals surface area contributed by atoms with E-state index in [0.717, 1.165) is 22.9 Å². The number of nitrogens with zero attached hydrogens (tertiary/aromatic N) is 1. The van der Waals surface area contributed by atoms with Gasteiger partial charge in [-0.15, -0.1) is 0 Å². The van der Waals surface area contributed by atoms with Crippen molar-refractivity contribution in [1.29, 1.82) is 5.41 Å². The Balaban J connectivity index is 2.06. The van der Waals surface area contributed by atoms with Crippen molar-refractivity contribution in [2.24, 2.45) is 0 Å². The topological polar surface area (TPSA) is 64.0 Å². The molecule has 0 heterocycles. The molecular weight excluding hydrogens is 368 g/mol. The van der Waals surface area contributed by atoms with Crippen LogP contribution >= 0.6 is 0 Å². The monoisotopic (exact) mass is 392 g/mol. The zero-order chi connectivity index (χ0) is 20.8. The lowest BCUT2D eigenvalue weighted by Crippen LogP contribution is -2.26. The Morgan fingerprint density at radius 2 is 1.10 bits per heavy atom. The van der Waals surface area contributed by atoms with Crippen molar-refractivity contribution in [3.8, 4) is 23.0 Å². The first kappa shape index (κ1) is 20.1. The Morgan fingerprint density at radius 3 is 1.52 bits per heavy atom. The summed E-state index contributed by atoms with van der Waals surface area (Å²) in [5.41, 5.74) is 2.35. The zero-order valence-corrected chi connectivity index (χ0v) is 16.9. The number of amidine groups is 1. The van der Waals surface area contributed by atoms with Gasteiger partial charge in [0.25, 0.3) is 0 Å². The van der Waals surface area contributed by atoms with Crippen LogP contribution in [0.15, 0.2) is 66.7 Å². The third-order valence-electron chi connectivity index (χ3n) is 4.54. The SMILES string of the molecule is COc1ccc(N(C(=N)c2ccc(OC)c(OC)c2)c2ccc(OC)cc2)cc1. The average molecular weight is 392 g/mol. The van der Waals surface area contributed by atoms with Crippen LogP contribution in [0.5, 0.6) is 23.0 Å². The Labute approximate surface area is 170 Å². The predicted molar refractivity (Wildman–Crippen MR) is 115 cm³/mol. The Hall–Kier alpha value is -3.67. The maximum absolute atomic E-state index is 8.93. The van der Waals surface area contributed by atoms with Gasteiger partial charge in [0, 0.05) is 16.9 Å². The number of anilines is 2. The molecule has 0 aliphatic carbocycles. The van der Waals surface area contributed by atoms with E-state index in [1.54, 1.807) is 40.6 Å². The molecule has 3 aromatic carbocycles. The number of methoxy groups -OCH3 is 4. The van der Waals surface area contributed by atoms with Gasteiger partial charge < -0.3 is 18.9 Å². The van der Waals surface area contributed by atoms with Crippen LogP contribution in [0.25, 0.3) is 0 Å². The molecule has 0 aliphatic rings. The molecule has 0 spiro atoms. The minimum atomic E-state index is 0.293. The summed E-state index contributed by atoms with van der Waals surface area (Å²) in [5.74, 6) is 2.98. The van der Waals surface area contributed by atoms with E-state index in [9.17, 15) is 0 Å². The molecule has 0 aliphatic heterocycles. The highest BCUT2D eigenvalue weighted by molar-refractivity contribution is 6.12. The number of hydrogen-bond donors (Lipinski definition) is 1. The van der Waals surface area contributed by atoms with E-state index in [0.29, 0.717) is 22.9 Å². The minimum Gasteiger partial charge on any atom is -0.497 e. The quantitative estimate of drug-likeness (QED) is 0.458. The van der Waals surface area contributed by atoms with E-state index in [2.05, 4.69) is 0 Å². The van der Waals surface area contributed by atoms with Crippen LogP contribution in [0, 0.1) is 5.41 Å². The van der Waals surface area contributed by atoms with Crippen molar-refractivity contribution in [3.63, 3.8) is 0 Å². The summed E-state index contributed by atoms with van der Waals surface area (Å²) >= 11 is 0. The van der Waals surface area contributed by atoms with Gasteiger partial charge in [-0.25, -0.2) is 0 Å². The first-order chi connectivity index (χ1) is 14.1. The fourth-order valence-electron chi connectivity index (χ4n) is 2.98. The maximum Gasteiger partial charge on any atom is 0.161 e. The molecule has 6 nitrogen and oxygen atoms in total. The van der Waals surface area contributed by atoms with Crippen LogP contribution in [-0.2, 0) is 0 Å². The van der Waals surface area contributed by atoms with Gasteiger partial charge in [-0.3, -0.25) is 10.3 Å². The number of hydrogen-bond acceptors (Lipinski definition) is 5. The lowest BCUT2D eigenvalue weighted by Gasteiger charge is -2.26. The molecule has 0 atom stereocenters. The van der Waals surface area contributed by atoms with Gasteiger partial charge in [-0.2, -0.15) is 0 Å². The van der Waals surface area contributed by atoms with E-state index in [1.807, 2.05) is 59.5 Å². The predicted octanol–water partition coefficient (Wildman–Crippen LogP) is 4.88. The summed E-state index contributed by atoms with van der Waals surface area (Å²) in [6.45, 7) is 0. The van der Waals surface area contributed by atoms with Crippen LogP contribution < -0.4 is 23.8 Å². The van der Waals surface area contributed by atoms with E-state index in [1.165, 1.54) is 0 Å². The summed E-state index contributed by atoms with van der Waals surface area (Å²) in [7, 11) is 6.42. The molecule has 0 saturated carbocycles. The number of benzene rings is 3. The van der Waals surface area contributed by atoms with Gasteiger partial charge in [0.2, 0.25) is 0 Å². The molecule has 29 heavy (non-hydrogen) atoms. The second-order valence-electron chi connectivity index (χ2n) is 6.15. The maximum atomic E-state index is 8.93. The average Bonchev–Trinajstić information content (AvgIpc) is 2.79. The summed E-state index contributed by atoms with van der Waals surface area (Å²) < 4.78 is 21.3. The molecule has 0 saturated heterocycles. The van der Waals surface area contributed by atoms with Gasteiger partial charge in [-0.1, -0.05) is 0 Å². The minimum absolute atomic E-state index is 0.293. The van der Waals surface area contributed by atoms with Crippen LogP contribution in [0.2, 0.25) is 0 Å². The molecule has 0 bridgehead atoms.